The second-order valence-corrected chi connectivity index (χ2v) is 6.98. The molecule has 1 saturated carbocycles. The van der Waals surface area contributed by atoms with Gasteiger partial charge in [0.05, 0.1) is 15.8 Å². The van der Waals surface area contributed by atoms with Crippen LogP contribution in [-0.4, -0.2) is 4.98 Å². The summed E-state index contributed by atoms with van der Waals surface area (Å²) in [5.41, 5.74) is 8.88. The molecule has 0 aliphatic heterocycles. The molecule has 1 heterocycles. The van der Waals surface area contributed by atoms with E-state index in [0.717, 1.165) is 29.3 Å². The molecule has 0 saturated heterocycles. The Morgan fingerprint density at radius 2 is 2.11 bits per heavy atom. The van der Waals surface area contributed by atoms with Crippen LogP contribution < -0.4 is 5.73 Å². The van der Waals surface area contributed by atoms with Crippen molar-refractivity contribution >= 4 is 21.6 Å². The Morgan fingerprint density at radius 1 is 1.37 bits per heavy atom. The Labute approximate surface area is 119 Å². The second kappa shape index (κ2) is 4.88. The Bertz CT molecular complexity index is 579. The van der Waals surface area contributed by atoms with Crippen molar-refractivity contribution in [3.8, 4) is 0 Å². The molecule has 2 nitrogen and oxygen atoms in total. The molecule has 2 N–H and O–H groups in total. The average Bonchev–Trinajstić information content (AvgIpc) is 2.86. The first kappa shape index (κ1) is 13.1. The molecular weight excluding hydrogens is 252 g/mol. The highest BCUT2D eigenvalue weighted by Crippen LogP contribution is 2.41. The lowest BCUT2D eigenvalue weighted by molar-refractivity contribution is 0.231. The van der Waals surface area contributed by atoms with E-state index in [1.807, 2.05) is 0 Å². The molecule has 3 heteroatoms. The van der Waals surface area contributed by atoms with Gasteiger partial charge in [0.25, 0.3) is 0 Å². The van der Waals surface area contributed by atoms with Crippen LogP contribution in [0.2, 0.25) is 0 Å². The average molecular weight is 274 g/mol. The first-order valence-corrected chi connectivity index (χ1v) is 8.09. The molecule has 3 rings (SSSR count). The molecular formula is C16H22N2S. The zero-order valence-electron chi connectivity index (χ0n) is 11.8. The van der Waals surface area contributed by atoms with Gasteiger partial charge in [0.2, 0.25) is 0 Å². The van der Waals surface area contributed by atoms with Crippen molar-refractivity contribution in [3.05, 3.63) is 28.8 Å². The highest BCUT2D eigenvalue weighted by molar-refractivity contribution is 7.18. The minimum absolute atomic E-state index is 0.179. The van der Waals surface area contributed by atoms with Crippen molar-refractivity contribution in [3.63, 3.8) is 0 Å². The topological polar surface area (TPSA) is 38.9 Å². The van der Waals surface area contributed by atoms with Gasteiger partial charge in [-0.25, -0.2) is 4.98 Å². The third kappa shape index (κ3) is 2.30. The van der Waals surface area contributed by atoms with Gasteiger partial charge in [-0.1, -0.05) is 25.5 Å². The van der Waals surface area contributed by atoms with E-state index in [4.69, 9.17) is 10.7 Å². The highest BCUT2D eigenvalue weighted by Gasteiger charge is 2.35. The number of nitrogens with zero attached hydrogens (tertiary/aromatic N) is 1. The number of hydrogen-bond donors (Lipinski definition) is 1. The summed E-state index contributed by atoms with van der Waals surface area (Å²) < 4.78 is 1.28. The molecule has 1 fully saturated rings. The SMILES string of the molecule is CCC1CCC(N)(c2nc3c(C)cccc3s2)CC1. The lowest BCUT2D eigenvalue weighted by atomic mass is 9.76. The van der Waals surface area contributed by atoms with Crippen LogP contribution in [0.5, 0.6) is 0 Å². The van der Waals surface area contributed by atoms with Crippen molar-refractivity contribution < 1.29 is 0 Å². The maximum Gasteiger partial charge on any atom is 0.114 e. The van der Waals surface area contributed by atoms with Crippen molar-refractivity contribution in [2.75, 3.05) is 0 Å². The van der Waals surface area contributed by atoms with Gasteiger partial charge < -0.3 is 5.73 Å². The van der Waals surface area contributed by atoms with Gasteiger partial charge in [0, 0.05) is 0 Å². The Kier molecular flexibility index (Phi) is 3.35. The van der Waals surface area contributed by atoms with E-state index >= 15 is 0 Å². The number of para-hydroxylation sites is 1. The van der Waals surface area contributed by atoms with E-state index in [2.05, 4.69) is 32.0 Å². The number of thiazole rings is 1. The summed E-state index contributed by atoms with van der Waals surface area (Å²) >= 11 is 1.79. The quantitative estimate of drug-likeness (QED) is 0.883. The summed E-state index contributed by atoms with van der Waals surface area (Å²) in [7, 11) is 0. The highest BCUT2D eigenvalue weighted by atomic mass is 32.1. The van der Waals surface area contributed by atoms with Crippen LogP contribution >= 0.6 is 11.3 Å². The summed E-state index contributed by atoms with van der Waals surface area (Å²) in [6.45, 7) is 4.41. The molecule has 1 aliphatic rings. The zero-order valence-corrected chi connectivity index (χ0v) is 12.6. The largest absolute Gasteiger partial charge is 0.319 e. The number of hydrogen-bond acceptors (Lipinski definition) is 3. The predicted octanol–water partition coefficient (Wildman–Crippen LogP) is 4.36. The molecule has 102 valence electrons. The molecule has 0 bridgehead atoms. The molecule has 19 heavy (non-hydrogen) atoms. The summed E-state index contributed by atoms with van der Waals surface area (Å²) in [5, 5.41) is 1.14. The summed E-state index contributed by atoms with van der Waals surface area (Å²) in [5.74, 6) is 0.868. The number of aryl methyl sites for hydroxylation is 1. The lowest BCUT2D eigenvalue weighted by Gasteiger charge is -2.35. The Hall–Kier alpha value is -0.930. The second-order valence-electron chi connectivity index (χ2n) is 5.95. The van der Waals surface area contributed by atoms with Crippen molar-refractivity contribution in [2.45, 2.75) is 51.5 Å². The molecule has 0 amide bonds. The first-order chi connectivity index (χ1) is 9.12. The molecule has 2 aromatic rings. The Balaban J connectivity index is 1.93. The van der Waals surface area contributed by atoms with Crippen LogP contribution in [-0.2, 0) is 5.54 Å². The minimum atomic E-state index is -0.179. The van der Waals surface area contributed by atoms with Gasteiger partial charge in [-0.2, -0.15) is 0 Å². The van der Waals surface area contributed by atoms with Crippen LogP contribution in [0, 0.1) is 12.8 Å². The predicted molar refractivity (Wildman–Crippen MR) is 82.5 cm³/mol. The smallest absolute Gasteiger partial charge is 0.114 e. The van der Waals surface area contributed by atoms with Gasteiger partial charge in [-0.15, -0.1) is 11.3 Å². The number of aromatic nitrogens is 1. The van der Waals surface area contributed by atoms with E-state index in [9.17, 15) is 0 Å². The minimum Gasteiger partial charge on any atom is -0.319 e. The molecule has 0 spiro atoms. The van der Waals surface area contributed by atoms with Crippen LogP contribution in [0.25, 0.3) is 10.2 Å². The van der Waals surface area contributed by atoms with E-state index in [0.29, 0.717) is 0 Å². The van der Waals surface area contributed by atoms with E-state index in [1.165, 1.54) is 29.5 Å². The molecule has 1 aromatic heterocycles. The van der Waals surface area contributed by atoms with Gasteiger partial charge in [-0.05, 0) is 50.2 Å². The molecule has 0 radical (unpaired) electrons. The standard InChI is InChI=1S/C16H22N2S/c1-3-12-7-9-16(17,10-8-12)15-18-14-11(2)5-4-6-13(14)19-15/h4-6,12H,3,7-10,17H2,1-2H3. The third-order valence-electron chi connectivity index (χ3n) is 4.62. The number of rotatable bonds is 2. The van der Waals surface area contributed by atoms with E-state index in [-0.39, 0.29) is 5.54 Å². The monoisotopic (exact) mass is 274 g/mol. The Morgan fingerprint density at radius 3 is 2.74 bits per heavy atom. The fourth-order valence-electron chi connectivity index (χ4n) is 3.11. The normalized spacial score (nSPS) is 27.8. The van der Waals surface area contributed by atoms with Crippen LogP contribution in [0.1, 0.15) is 49.6 Å². The van der Waals surface area contributed by atoms with Crippen LogP contribution in [0.3, 0.4) is 0 Å². The fraction of sp³-hybridized carbons (Fsp3) is 0.562. The van der Waals surface area contributed by atoms with Gasteiger partial charge in [0.1, 0.15) is 5.01 Å². The van der Waals surface area contributed by atoms with Crippen molar-refractivity contribution in [1.29, 1.82) is 0 Å². The lowest BCUT2D eigenvalue weighted by Crippen LogP contribution is -2.40. The van der Waals surface area contributed by atoms with Crippen molar-refractivity contribution in [1.82, 2.24) is 4.98 Å². The summed E-state index contributed by atoms with van der Waals surface area (Å²) in [4.78, 5) is 4.85. The van der Waals surface area contributed by atoms with Crippen LogP contribution in [0.15, 0.2) is 18.2 Å². The molecule has 1 aliphatic carbocycles. The van der Waals surface area contributed by atoms with E-state index < -0.39 is 0 Å². The van der Waals surface area contributed by atoms with Gasteiger partial charge in [-0.3, -0.25) is 0 Å². The number of benzene rings is 1. The zero-order chi connectivity index (χ0) is 13.5. The summed E-state index contributed by atoms with van der Waals surface area (Å²) in [6.07, 6.45) is 5.97. The summed E-state index contributed by atoms with van der Waals surface area (Å²) in [6, 6.07) is 6.39. The molecule has 0 atom stereocenters. The van der Waals surface area contributed by atoms with Gasteiger partial charge in [0.15, 0.2) is 0 Å². The molecule has 0 unspecified atom stereocenters. The van der Waals surface area contributed by atoms with Gasteiger partial charge >= 0.3 is 0 Å². The first-order valence-electron chi connectivity index (χ1n) is 7.28. The maximum absolute atomic E-state index is 6.66. The maximum atomic E-state index is 6.66. The number of nitrogens with two attached hydrogens (primary N) is 1. The fourth-order valence-corrected chi connectivity index (χ4v) is 4.32. The van der Waals surface area contributed by atoms with Crippen molar-refractivity contribution in [2.24, 2.45) is 11.7 Å². The third-order valence-corrected chi connectivity index (χ3v) is 5.86. The molecule has 1 aromatic carbocycles. The van der Waals surface area contributed by atoms with E-state index in [1.54, 1.807) is 11.3 Å². The number of fused-ring (bicyclic) bond motifs is 1. The van der Waals surface area contributed by atoms with Crippen LogP contribution in [0.4, 0.5) is 0 Å².